The molecule has 4 nitrogen and oxygen atoms in total. The molecule has 0 spiro atoms. The predicted molar refractivity (Wildman–Crippen MR) is 61.6 cm³/mol. The minimum absolute atomic E-state index is 0.0291. The summed E-state index contributed by atoms with van der Waals surface area (Å²) in [5.74, 6) is 0.836. The number of pyridine rings is 1. The summed E-state index contributed by atoms with van der Waals surface area (Å²) in [6, 6.07) is 3.83. The van der Waals surface area contributed by atoms with Crippen molar-refractivity contribution in [1.82, 2.24) is 10.3 Å². The van der Waals surface area contributed by atoms with E-state index >= 15 is 0 Å². The van der Waals surface area contributed by atoms with E-state index in [-0.39, 0.29) is 5.60 Å². The largest absolute Gasteiger partial charge is 0.497 e. The molecule has 0 bridgehead atoms. The van der Waals surface area contributed by atoms with Crippen molar-refractivity contribution in [2.75, 3.05) is 20.2 Å². The maximum atomic E-state index is 5.83. The highest BCUT2D eigenvalue weighted by Gasteiger charge is 2.32. The van der Waals surface area contributed by atoms with Gasteiger partial charge in [0.05, 0.1) is 25.0 Å². The van der Waals surface area contributed by atoms with Crippen LogP contribution in [0.15, 0.2) is 12.1 Å². The molecular weight excluding hydrogens is 204 g/mol. The third-order valence-electron chi connectivity index (χ3n) is 2.78. The molecule has 2 rings (SSSR count). The summed E-state index contributed by atoms with van der Waals surface area (Å²) in [6.45, 7) is 6.43. The number of ether oxygens (including phenoxy) is 2. The Morgan fingerprint density at radius 3 is 2.75 bits per heavy atom. The fourth-order valence-electron chi connectivity index (χ4n) is 1.72. The molecule has 0 aliphatic carbocycles. The summed E-state index contributed by atoms with van der Waals surface area (Å²) in [4.78, 5) is 4.42. The van der Waals surface area contributed by atoms with Gasteiger partial charge in [0.1, 0.15) is 5.75 Å². The predicted octanol–water partition coefficient (Wildman–Crippen LogP) is 1.28. The molecule has 4 heteroatoms. The molecule has 1 saturated heterocycles. The van der Waals surface area contributed by atoms with E-state index in [2.05, 4.69) is 17.2 Å². The van der Waals surface area contributed by atoms with E-state index in [1.165, 1.54) is 0 Å². The minimum atomic E-state index is -0.0291. The summed E-state index contributed by atoms with van der Waals surface area (Å²) in [5, 5.41) is 3.20. The molecule has 0 saturated carbocycles. The summed E-state index contributed by atoms with van der Waals surface area (Å²) >= 11 is 0. The Bertz CT molecular complexity index is 375. The van der Waals surface area contributed by atoms with Gasteiger partial charge in [-0.05, 0) is 13.8 Å². The van der Waals surface area contributed by atoms with Crippen molar-refractivity contribution in [2.24, 2.45) is 0 Å². The molecule has 0 amide bonds. The van der Waals surface area contributed by atoms with Crippen LogP contribution in [0.3, 0.4) is 0 Å². The highest BCUT2D eigenvalue weighted by atomic mass is 16.5. The zero-order chi connectivity index (χ0) is 11.6. The summed E-state index contributed by atoms with van der Waals surface area (Å²) in [5.41, 5.74) is 1.85. The highest BCUT2D eigenvalue weighted by molar-refractivity contribution is 5.26. The van der Waals surface area contributed by atoms with E-state index in [1.54, 1.807) is 7.11 Å². The molecular formula is C12H18N2O2. The molecule has 2 heterocycles. The average molecular weight is 222 g/mol. The lowest BCUT2D eigenvalue weighted by Gasteiger charge is -2.38. The van der Waals surface area contributed by atoms with Gasteiger partial charge in [-0.1, -0.05) is 0 Å². The third kappa shape index (κ3) is 2.51. The quantitative estimate of drug-likeness (QED) is 0.833. The fraction of sp³-hybridized carbons (Fsp3) is 0.583. The molecule has 0 radical (unpaired) electrons. The van der Waals surface area contributed by atoms with Gasteiger partial charge >= 0.3 is 0 Å². The first kappa shape index (κ1) is 11.4. The van der Waals surface area contributed by atoms with Gasteiger partial charge in [-0.25, -0.2) is 0 Å². The normalized spacial score (nSPS) is 17.9. The van der Waals surface area contributed by atoms with Crippen LogP contribution in [0.5, 0.6) is 5.75 Å². The van der Waals surface area contributed by atoms with Gasteiger partial charge in [0, 0.05) is 30.9 Å². The van der Waals surface area contributed by atoms with Crippen LogP contribution >= 0.6 is 0 Å². The van der Waals surface area contributed by atoms with Crippen molar-refractivity contribution in [3.8, 4) is 5.75 Å². The number of aromatic nitrogens is 1. The summed E-state index contributed by atoms with van der Waals surface area (Å²) in [6.07, 6.45) is 0. The van der Waals surface area contributed by atoms with E-state index < -0.39 is 0 Å². The van der Waals surface area contributed by atoms with E-state index in [4.69, 9.17) is 9.47 Å². The van der Waals surface area contributed by atoms with Crippen molar-refractivity contribution >= 4 is 0 Å². The SMILES string of the molecule is COc1cc(C)nc(COC2(C)CNC2)c1. The minimum Gasteiger partial charge on any atom is -0.497 e. The van der Waals surface area contributed by atoms with Gasteiger partial charge in [0.25, 0.3) is 0 Å². The second-order valence-corrected chi connectivity index (χ2v) is 4.48. The second-order valence-electron chi connectivity index (χ2n) is 4.48. The van der Waals surface area contributed by atoms with E-state index in [0.29, 0.717) is 6.61 Å². The Morgan fingerprint density at radius 2 is 2.19 bits per heavy atom. The van der Waals surface area contributed by atoms with Gasteiger partial charge in [-0.15, -0.1) is 0 Å². The monoisotopic (exact) mass is 222 g/mol. The number of methoxy groups -OCH3 is 1. The second kappa shape index (κ2) is 4.39. The van der Waals surface area contributed by atoms with Crippen LogP contribution in [-0.4, -0.2) is 30.8 Å². The number of aryl methyl sites for hydroxylation is 1. The average Bonchev–Trinajstić information content (AvgIpc) is 2.23. The Labute approximate surface area is 96.0 Å². The van der Waals surface area contributed by atoms with Gasteiger partial charge in [-0.3, -0.25) is 4.98 Å². The standard InChI is InChI=1S/C12H18N2O2/c1-9-4-11(15-3)5-10(14-9)6-16-12(2)7-13-8-12/h4-5,13H,6-8H2,1-3H3. The highest BCUT2D eigenvalue weighted by Crippen LogP contribution is 2.19. The van der Waals surface area contributed by atoms with Crippen molar-refractivity contribution in [2.45, 2.75) is 26.1 Å². The lowest BCUT2D eigenvalue weighted by Crippen LogP contribution is -2.58. The van der Waals surface area contributed by atoms with Gasteiger partial charge < -0.3 is 14.8 Å². The first-order valence-electron chi connectivity index (χ1n) is 5.47. The van der Waals surface area contributed by atoms with Crippen molar-refractivity contribution < 1.29 is 9.47 Å². The number of nitrogens with zero attached hydrogens (tertiary/aromatic N) is 1. The molecule has 88 valence electrons. The lowest BCUT2D eigenvalue weighted by molar-refractivity contribution is -0.0778. The maximum Gasteiger partial charge on any atom is 0.122 e. The zero-order valence-electron chi connectivity index (χ0n) is 10.0. The lowest BCUT2D eigenvalue weighted by atomic mass is 10.0. The molecule has 1 aromatic heterocycles. The summed E-state index contributed by atoms with van der Waals surface area (Å²) in [7, 11) is 1.66. The third-order valence-corrected chi connectivity index (χ3v) is 2.78. The first-order chi connectivity index (χ1) is 7.61. The molecule has 1 aliphatic rings. The van der Waals surface area contributed by atoms with E-state index in [0.717, 1.165) is 30.2 Å². The van der Waals surface area contributed by atoms with Crippen LogP contribution < -0.4 is 10.1 Å². The zero-order valence-corrected chi connectivity index (χ0v) is 10.0. The van der Waals surface area contributed by atoms with Gasteiger partial charge in [-0.2, -0.15) is 0 Å². The Morgan fingerprint density at radius 1 is 1.44 bits per heavy atom. The van der Waals surface area contributed by atoms with Crippen molar-refractivity contribution in [3.63, 3.8) is 0 Å². The molecule has 1 aliphatic heterocycles. The first-order valence-corrected chi connectivity index (χ1v) is 5.47. The van der Waals surface area contributed by atoms with Crippen molar-refractivity contribution in [3.05, 3.63) is 23.5 Å². The molecule has 1 aromatic rings. The van der Waals surface area contributed by atoms with Crippen LogP contribution in [0, 0.1) is 6.92 Å². The van der Waals surface area contributed by atoms with Crippen LogP contribution in [0.2, 0.25) is 0 Å². The Kier molecular flexibility index (Phi) is 3.12. The Hall–Kier alpha value is -1.13. The molecule has 1 fully saturated rings. The van der Waals surface area contributed by atoms with Crippen LogP contribution in [-0.2, 0) is 11.3 Å². The maximum absolute atomic E-state index is 5.83. The molecule has 0 unspecified atom stereocenters. The van der Waals surface area contributed by atoms with Gasteiger partial charge in [0.15, 0.2) is 0 Å². The van der Waals surface area contributed by atoms with Crippen LogP contribution in [0.25, 0.3) is 0 Å². The van der Waals surface area contributed by atoms with E-state index in [9.17, 15) is 0 Å². The van der Waals surface area contributed by atoms with Crippen LogP contribution in [0.4, 0.5) is 0 Å². The summed E-state index contributed by atoms with van der Waals surface area (Å²) < 4.78 is 11.0. The molecule has 16 heavy (non-hydrogen) atoms. The van der Waals surface area contributed by atoms with Crippen molar-refractivity contribution in [1.29, 1.82) is 0 Å². The van der Waals surface area contributed by atoms with Gasteiger partial charge in [0.2, 0.25) is 0 Å². The topological polar surface area (TPSA) is 43.4 Å². The smallest absolute Gasteiger partial charge is 0.122 e. The Balaban J connectivity index is 2.00. The van der Waals surface area contributed by atoms with Crippen LogP contribution in [0.1, 0.15) is 18.3 Å². The molecule has 1 N–H and O–H groups in total. The number of hydrogen-bond acceptors (Lipinski definition) is 4. The fourth-order valence-corrected chi connectivity index (χ4v) is 1.72. The number of nitrogens with one attached hydrogen (secondary N) is 1. The number of rotatable bonds is 4. The molecule has 0 aromatic carbocycles. The van der Waals surface area contributed by atoms with E-state index in [1.807, 2.05) is 19.1 Å². The number of hydrogen-bond donors (Lipinski definition) is 1. The molecule has 0 atom stereocenters.